The van der Waals surface area contributed by atoms with Crippen LogP contribution in [0.5, 0.6) is 0 Å². The van der Waals surface area contributed by atoms with Crippen molar-refractivity contribution < 1.29 is 13.5 Å². The van der Waals surface area contributed by atoms with Gasteiger partial charge in [0, 0.05) is 5.92 Å². The largest absolute Gasteiger partial charge is 0.341 e. The first-order chi connectivity index (χ1) is 5.57. The van der Waals surface area contributed by atoms with Crippen LogP contribution in [0.15, 0.2) is 0 Å². The van der Waals surface area contributed by atoms with E-state index < -0.39 is 19.1 Å². The first-order valence-electron chi connectivity index (χ1n) is 4.43. The van der Waals surface area contributed by atoms with Crippen molar-refractivity contribution in [2.45, 2.75) is 33.2 Å². The SMILES string of the molecule is CC1C(F)OC(CF)[C@H](C)[C@@H]1C. The van der Waals surface area contributed by atoms with E-state index in [-0.39, 0.29) is 17.8 Å². The zero-order valence-corrected chi connectivity index (χ0v) is 7.76. The third-order valence-corrected chi connectivity index (χ3v) is 3.12. The molecule has 0 bridgehead atoms. The van der Waals surface area contributed by atoms with Crippen LogP contribution >= 0.6 is 0 Å². The van der Waals surface area contributed by atoms with E-state index in [1.165, 1.54) is 0 Å². The lowest BCUT2D eigenvalue weighted by atomic mass is 9.80. The summed E-state index contributed by atoms with van der Waals surface area (Å²) in [7, 11) is 0. The van der Waals surface area contributed by atoms with Crippen LogP contribution in [-0.2, 0) is 4.74 Å². The summed E-state index contributed by atoms with van der Waals surface area (Å²) in [4.78, 5) is 0. The van der Waals surface area contributed by atoms with Gasteiger partial charge in [-0.05, 0) is 11.8 Å². The summed E-state index contributed by atoms with van der Waals surface area (Å²) in [6.07, 6.45) is -1.84. The normalized spacial score (nSPS) is 49.2. The maximum Gasteiger partial charge on any atom is 0.201 e. The fourth-order valence-corrected chi connectivity index (χ4v) is 1.65. The number of hydrogen-bond donors (Lipinski definition) is 0. The first kappa shape index (κ1) is 9.90. The molecule has 1 heterocycles. The summed E-state index contributed by atoms with van der Waals surface area (Å²) in [5.74, 6) is 0.175. The molecular weight excluding hydrogens is 162 g/mol. The third kappa shape index (κ3) is 1.60. The van der Waals surface area contributed by atoms with Gasteiger partial charge in [0.2, 0.25) is 6.36 Å². The molecule has 72 valence electrons. The van der Waals surface area contributed by atoms with E-state index in [4.69, 9.17) is 4.74 Å². The molecule has 1 saturated heterocycles. The molecule has 3 unspecified atom stereocenters. The standard InChI is InChI=1S/C9H16F2O/c1-5-6(2)8(4-10)12-9(11)7(5)3/h5-9H,4H2,1-3H3/t5-,6+,7?,8?,9?/m0/s1. The predicted molar refractivity (Wildman–Crippen MR) is 43.2 cm³/mol. The highest BCUT2D eigenvalue weighted by molar-refractivity contribution is 4.81. The van der Waals surface area contributed by atoms with Crippen molar-refractivity contribution in [3.63, 3.8) is 0 Å². The van der Waals surface area contributed by atoms with Gasteiger partial charge in [-0.3, -0.25) is 0 Å². The Morgan fingerprint density at radius 3 is 2.17 bits per heavy atom. The lowest BCUT2D eigenvalue weighted by Gasteiger charge is -2.39. The second kappa shape index (κ2) is 3.69. The Hall–Kier alpha value is -0.180. The van der Waals surface area contributed by atoms with Crippen molar-refractivity contribution in [2.75, 3.05) is 6.67 Å². The third-order valence-electron chi connectivity index (χ3n) is 3.12. The molecule has 0 aromatic heterocycles. The second-order valence-electron chi connectivity index (χ2n) is 3.76. The van der Waals surface area contributed by atoms with Crippen molar-refractivity contribution in [2.24, 2.45) is 17.8 Å². The van der Waals surface area contributed by atoms with Crippen LogP contribution in [0.2, 0.25) is 0 Å². The van der Waals surface area contributed by atoms with Gasteiger partial charge in [0.15, 0.2) is 0 Å². The summed E-state index contributed by atoms with van der Waals surface area (Å²) in [6, 6.07) is 0. The molecule has 0 aromatic rings. The highest BCUT2D eigenvalue weighted by Crippen LogP contribution is 2.35. The zero-order valence-electron chi connectivity index (χ0n) is 7.76. The molecule has 0 saturated carbocycles. The van der Waals surface area contributed by atoms with E-state index in [1.807, 2.05) is 13.8 Å². The number of halogens is 2. The summed E-state index contributed by atoms with van der Waals surface area (Å²) < 4.78 is 30.2. The molecule has 12 heavy (non-hydrogen) atoms. The van der Waals surface area contributed by atoms with Crippen molar-refractivity contribution in [3.8, 4) is 0 Å². The lowest BCUT2D eigenvalue weighted by molar-refractivity contribution is -0.191. The van der Waals surface area contributed by atoms with Crippen molar-refractivity contribution in [3.05, 3.63) is 0 Å². The maximum atomic E-state index is 13.0. The topological polar surface area (TPSA) is 9.23 Å². The molecule has 1 aliphatic rings. The Balaban J connectivity index is 2.63. The molecule has 1 fully saturated rings. The number of hydrogen-bond acceptors (Lipinski definition) is 1. The highest BCUT2D eigenvalue weighted by Gasteiger charge is 2.38. The molecule has 0 spiro atoms. The number of rotatable bonds is 1. The fourth-order valence-electron chi connectivity index (χ4n) is 1.65. The Bertz CT molecular complexity index is 147. The van der Waals surface area contributed by atoms with Gasteiger partial charge < -0.3 is 4.74 Å². The van der Waals surface area contributed by atoms with Crippen LogP contribution in [0, 0.1) is 17.8 Å². The van der Waals surface area contributed by atoms with Crippen molar-refractivity contribution in [1.82, 2.24) is 0 Å². The molecule has 0 amide bonds. The van der Waals surface area contributed by atoms with E-state index in [2.05, 4.69) is 0 Å². The fraction of sp³-hybridized carbons (Fsp3) is 1.00. The molecule has 1 rings (SSSR count). The Morgan fingerprint density at radius 2 is 1.67 bits per heavy atom. The monoisotopic (exact) mass is 178 g/mol. The van der Waals surface area contributed by atoms with E-state index in [0.717, 1.165) is 0 Å². The summed E-state index contributed by atoms with van der Waals surface area (Å²) in [5, 5.41) is 0. The lowest BCUT2D eigenvalue weighted by Crippen LogP contribution is -2.43. The van der Waals surface area contributed by atoms with Gasteiger partial charge in [-0.25, -0.2) is 8.78 Å². The van der Waals surface area contributed by atoms with Crippen molar-refractivity contribution >= 4 is 0 Å². The van der Waals surface area contributed by atoms with Crippen molar-refractivity contribution in [1.29, 1.82) is 0 Å². The van der Waals surface area contributed by atoms with Gasteiger partial charge >= 0.3 is 0 Å². The summed E-state index contributed by atoms with van der Waals surface area (Å²) >= 11 is 0. The quantitative estimate of drug-likeness (QED) is 0.599. The van der Waals surface area contributed by atoms with Crippen LogP contribution in [0.25, 0.3) is 0 Å². The molecule has 0 aromatic carbocycles. The molecule has 0 radical (unpaired) electrons. The molecule has 0 aliphatic carbocycles. The van der Waals surface area contributed by atoms with Gasteiger partial charge in [0.25, 0.3) is 0 Å². The van der Waals surface area contributed by atoms with Gasteiger partial charge in [-0.1, -0.05) is 20.8 Å². The smallest absolute Gasteiger partial charge is 0.201 e. The van der Waals surface area contributed by atoms with Crippen LogP contribution in [0.1, 0.15) is 20.8 Å². The average molecular weight is 178 g/mol. The van der Waals surface area contributed by atoms with Gasteiger partial charge in [-0.2, -0.15) is 0 Å². The molecule has 1 aliphatic heterocycles. The van der Waals surface area contributed by atoms with E-state index in [0.29, 0.717) is 0 Å². The molecule has 0 N–H and O–H groups in total. The van der Waals surface area contributed by atoms with Crippen LogP contribution in [0.4, 0.5) is 8.78 Å². The summed E-state index contributed by atoms with van der Waals surface area (Å²) in [6.45, 7) is 5.09. The minimum atomic E-state index is -1.29. The van der Waals surface area contributed by atoms with Crippen LogP contribution in [0.3, 0.4) is 0 Å². The molecule has 1 nitrogen and oxygen atoms in total. The zero-order chi connectivity index (χ0) is 9.30. The highest BCUT2D eigenvalue weighted by atomic mass is 19.1. The Kier molecular flexibility index (Phi) is 3.04. The Morgan fingerprint density at radius 1 is 1.08 bits per heavy atom. The average Bonchev–Trinajstić information content (AvgIpc) is 2.08. The molecule has 5 atom stereocenters. The summed E-state index contributed by atoms with van der Waals surface area (Å²) in [5.41, 5.74) is 0. The van der Waals surface area contributed by atoms with Gasteiger partial charge in [0.1, 0.15) is 6.67 Å². The predicted octanol–water partition coefficient (Wildman–Crippen LogP) is 2.56. The van der Waals surface area contributed by atoms with Crippen LogP contribution < -0.4 is 0 Å². The number of ether oxygens (including phenoxy) is 1. The minimum absolute atomic E-state index is 0.108. The molecular formula is C9H16F2O. The maximum absolute atomic E-state index is 13.0. The van der Waals surface area contributed by atoms with Crippen LogP contribution in [-0.4, -0.2) is 19.1 Å². The second-order valence-corrected chi connectivity index (χ2v) is 3.76. The van der Waals surface area contributed by atoms with E-state index in [1.54, 1.807) is 6.92 Å². The van der Waals surface area contributed by atoms with Gasteiger partial charge in [-0.15, -0.1) is 0 Å². The first-order valence-corrected chi connectivity index (χ1v) is 4.43. The van der Waals surface area contributed by atoms with Gasteiger partial charge in [0.05, 0.1) is 6.10 Å². The van der Waals surface area contributed by atoms with E-state index >= 15 is 0 Å². The molecule has 3 heteroatoms. The minimum Gasteiger partial charge on any atom is -0.341 e. The number of alkyl halides is 2. The Labute approximate surface area is 72.1 Å². The van der Waals surface area contributed by atoms with E-state index in [9.17, 15) is 8.78 Å².